The van der Waals surface area contributed by atoms with Gasteiger partial charge in [0.2, 0.25) is 5.91 Å². The van der Waals surface area contributed by atoms with Crippen LogP contribution in [-0.2, 0) is 35.0 Å². The molecule has 1 heterocycles. The fourth-order valence-corrected chi connectivity index (χ4v) is 4.59. The van der Waals surface area contributed by atoms with Crippen LogP contribution in [0.5, 0.6) is 0 Å². The Bertz CT molecular complexity index is 1210. The van der Waals surface area contributed by atoms with Crippen LogP contribution in [-0.4, -0.2) is 22.3 Å². The molecule has 0 bridgehead atoms. The van der Waals surface area contributed by atoms with Crippen molar-refractivity contribution in [2.45, 2.75) is 77.3 Å². The van der Waals surface area contributed by atoms with Gasteiger partial charge in [0, 0.05) is 47.2 Å². The molecule has 1 aromatic heterocycles. The highest BCUT2D eigenvalue weighted by atomic mass is 16.2. The van der Waals surface area contributed by atoms with E-state index in [0.717, 1.165) is 28.1 Å². The van der Waals surface area contributed by atoms with Crippen LogP contribution in [0.15, 0.2) is 66.7 Å². The molecule has 0 radical (unpaired) electrons. The number of hydrogen-bond acceptors (Lipinski definition) is 3. The van der Waals surface area contributed by atoms with Gasteiger partial charge in [-0.2, -0.15) is 0 Å². The van der Waals surface area contributed by atoms with Crippen LogP contribution in [0.4, 0.5) is 0 Å². The maximum absolute atomic E-state index is 13.8. The van der Waals surface area contributed by atoms with E-state index in [0.29, 0.717) is 24.9 Å². The molecular formula is C31H37N3O2. The summed E-state index contributed by atoms with van der Waals surface area (Å²) in [5.41, 5.74) is 3.96. The molecule has 0 atom stereocenters. The number of fused-ring (bicyclic) bond motifs is 1. The molecule has 5 heteroatoms. The van der Waals surface area contributed by atoms with E-state index >= 15 is 0 Å². The number of carbonyl (C=O) groups excluding carboxylic acids is 2. The summed E-state index contributed by atoms with van der Waals surface area (Å²) in [5, 5.41) is 6.25. The highest BCUT2D eigenvalue weighted by Crippen LogP contribution is 2.32. The summed E-state index contributed by atoms with van der Waals surface area (Å²) in [6.45, 7) is 13.0. The molecule has 4 rings (SSSR count). The van der Waals surface area contributed by atoms with Gasteiger partial charge in [-0.1, -0.05) is 96.1 Å². The number of aromatic nitrogens is 1. The topological polar surface area (TPSA) is 71.1 Å². The third-order valence-electron chi connectivity index (χ3n) is 6.81. The first-order chi connectivity index (χ1) is 16.9. The molecule has 3 aromatic rings. The predicted octanol–water partition coefficient (Wildman–Crippen LogP) is 5.26. The van der Waals surface area contributed by atoms with Crippen LogP contribution in [0.2, 0.25) is 0 Å². The Morgan fingerprint density at radius 2 is 1.31 bits per heavy atom. The van der Waals surface area contributed by atoms with E-state index < -0.39 is 5.54 Å². The Kier molecular flexibility index (Phi) is 6.78. The van der Waals surface area contributed by atoms with Gasteiger partial charge in [0.25, 0.3) is 5.91 Å². The molecule has 36 heavy (non-hydrogen) atoms. The number of hydrogen-bond donors (Lipinski definition) is 2. The van der Waals surface area contributed by atoms with Crippen molar-refractivity contribution in [3.8, 4) is 0 Å². The van der Waals surface area contributed by atoms with Crippen molar-refractivity contribution in [3.05, 3.63) is 100 Å². The smallest absolute Gasteiger partial charge is 0.252 e. The number of benzene rings is 2. The predicted molar refractivity (Wildman–Crippen MR) is 144 cm³/mol. The summed E-state index contributed by atoms with van der Waals surface area (Å²) in [4.78, 5) is 32.3. The molecule has 1 aliphatic carbocycles. The fraction of sp³-hybridized carbons (Fsp3) is 0.387. The average Bonchev–Trinajstić information content (AvgIpc) is 3.21. The Labute approximate surface area is 214 Å². The van der Waals surface area contributed by atoms with E-state index in [-0.39, 0.29) is 22.6 Å². The molecule has 0 saturated heterocycles. The minimum atomic E-state index is -1.05. The number of carbonyl (C=O) groups is 2. The summed E-state index contributed by atoms with van der Waals surface area (Å²) in [7, 11) is 0. The molecule has 2 amide bonds. The first kappa shape index (κ1) is 25.6. The van der Waals surface area contributed by atoms with E-state index in [9.17, 15) is 9.59 Å². The van der Waals surface area contributed by atoms with Gasteiger partial charge in [-0.15, -0.1) is 0 Å². The van der Waals surface area contributed by atoms with Crippen molar-refractivity contribution in [2.75, 3.05) is 0 Å². The summed E-state index contributed by atoms with van der Waals surface area (Å²) in [5.74, 6) is -0.423. The molecule has 188 valence electrons. The lowest BCUT2D eigenvalue weighted by Gasteiger charge is -2.30. The number of nitrogens with zero attached hydrogens (tertiary/aromatic N) is 1. The average molecular weight is 484 g/mol. The highest BCUT2D eigenvalue weighted by molar-refractivity contribution is 6.00. The molecule has 0 spiro atoms. The molecule has 2 N–H and O–H groups in total. The molecule has 0 saturated carbocycles. The zero-order valence-electron chi connectivity index (χ0n) is 22.2. The maximum atomic E-state index is 13.8. The van der Waals surface area contributed by atoms with Crippen LogP contribution >= 0.6 is 0 Å². The molecule has 5 nitrogen and oxygen atoms in total. The molecule has 1 aliphatic rings. The lowest BCUT2D eigenvalue weighted by molar-refractivity contribution is -0.127. The number of rotatable bonds is 5. The zero-order chi connectivity index (χ0) is 26.1. The summed E-state index contributed by atoms with van der Waals surface area (Å²) < 4.78 is 0. The lowest BCUT2D eigenvalue weighted by Crippen LogP contribution is -2.59. The van der Waals surface area contributed by atoms with Crippen molar-refractivity contribution in [2.24, 2.45) is 0 Å². The number of amides is 2. The van der Waals surface area contributed by atoms with Gasteiger partial charge in [-0.3, -0.25) is 14.6 Å². The lowest BCUT2D eigenvalue weighted by atomic mass is 9.86. The number of nitrogens with one attached hydrogen (secondary N) is 2. The van der Waals surface area contributed by atoms with E-state index in [4.69, 9.17) is 4.98 Å². The van der Waals surface area contributed by atoms with Crippen molar-refractivity contribution in [1.82, 2.24) is 15.6 Å². The van der Waals surface area contributed by atoms with Crippen LogP contribution in [0.25, 0.3) is 0 Å². The first-order valence-corrected chi connectivity index (χ1v) is 12.6. The van der Waals surface area contributed by atoms with Crippen molar-refractivity contribution in [3.63, 3.8) is 0 Å². The van der Waals surface area contributed by atoms with Gasteiger partial charge in [0.05, 0.1) is 0 Å². The van der Waals surface area contributed by atoms with Crippen molar-refractivity contribution in [1.29, 1.82) is 0 Å². The van der Waals surface area contributed by atoms with Gasteiger partial charge >= 0.3 is 0 Å². The van der Waals surface area contributed by atoms with Crippen LogP contribution < -0.4 is 10.6 Å². The van der Waals surface area contributed by atoms with Gasteiger partial charge in [0.1, 0.15) is 5.54 Å². The quantitative estimate of drug-likeness (QED) is 0.520. The highest BCUT2D eigenvalue weighted by Gasteiger charge is 2.45. The molecular weight excluding hydrogens is 446 g/mol. The van der Waals surface area contributed by atoms with Crippen LogP contribution in [0, 0.1) is 0 Å². The van der Waals surface area contributed by atoms with Crippen molar-refractivity contribution < 1.29 is 9.59 Å². The molecule has 0 fully saturated rings. The minimum Gasteiger partial charge on any atom is -0.350 e. The largest absolute Gasteiger partial charge is 0.350 e. The standard InChI is InChI=1S/C31H37N3O2/c1-29(2,3)25-16-24(17-26(33-25)30(4,5)6)27(35)34-31(18-22-14-10-11-15-23(22)19-31)28(36)32-20-21-12-8-7-9-13-21/h7-17H,18-20H2,1-6H3,(H,32,36)(H,34,35). The second kappa shape index (κ2) is 9.53. The third kappa shape index (κ3) is 5.51. The van der Waals surface area contributed by atoms with Gasteiger partial charge < -0.3 is 10.6 Å². The molecule has 2 aromatic carbocycles. The summed E-state index contributed by atoms with van der Waals surface area (Å²) in [6.07, 6.45) is 0.914. The van der Waals surface area contributed by atoms with E-state index in [2.05, 4.69) is 52.2 Å². The summed E-state index contributed by atoms with van der Waals surface area (Å²) in [6, 6.07) is 21.6. The van der Waals surface area contributed by atoms with Crippen molar-refractivity contribution >= 4 is 11.8 Å². The minimum absolute atomic E-state index is 0.169. The normalized spacial score (nSPS) is 14.7. The fourth-order valence-electron chi connectivity index (χ4n) is 4.59. The Hall–Kier alpha value is -3.47. The van der Waals surface area contributed by atoms with Gasteiger partial charge in [0.15, 0.2) is 0 Å². The van der Waals surface area contributed by atoms with E-state index in [1.807, 2.05) is 66.7 Å². The Morgan fingerprint density at radius 3 is 1.81 bits per heavy atom. The van der Waals surface area contributed by atoms with Crippen LogP contribution in [0.1, 0.15) is 80.0 Å². The second-order valence-corrected chi connectivity index (χ2v) is 12.0. The van der Waals surface area contributed by atoms with E-state index in [1.54, 1.807) is 0 Å². The van der Waals surface area contributed by atoms with Gasteiger partial charge in [-0.05, 0) is 28.8 Å². The monoisotopic (exact) mass is 483 g/mol. The van der Waals surface area contributed by atoms with E-state index in [1.165, 1.54) is 0 Å². The van der Waals surface area contributed by atoms with Gasteiger partial charge in [-0.25, -0.2) is 0 Å². The molecule has 0 aliphatic heterocycles. The first-order valence-electron chi connectivity index (χ1n) is 12.6. The maximum Gasteiger partial charge on any atom is 0.252 e. The number of pyridine rings is 1. The Morgan fingerprint density at radius 1 is 0.806 bits per heavy atom. The third-order valence-corrected chi connectivity index (χ3v) is 6.81. The zero-order valence-corrected chi connectivity index (χ0v) is 22.2. The summed E-state index contributed by atoms with van der Waals surface area (Å²) >= 11 is 0. The SMILES string of the molecule is CC(C)(C)c1cc(C(=O)NC2(C(=O)NCc3ccccc3)Cc3ccccc3C2)cc(C(C)(C)C)n1. The second-order valence-electron chi connectivity index (χ2n) is 12.0. The van der Waals surface area contributed by atoms with Crippen LogP contribution in [0.3, 0.4) is 0 Å². The Balaban J connectivity index is 1.67. The molecule has 0 unspecified atom stereocenters.